The summed E-state index contributed by atoms with van der Waals surface area (Å²) >= 11 is 0. The standard InChI is InChI=1S/C30H40O3/c1-23(2)30(3,4)29(31)33-21-11-6-5-10-20-32-28-19-13-17-25-16-12-18-26(22-27(25)28)24-14-8-7-9-15-24/h7-9,13-15,17,19,22-23H,5-6,10-12,16,18,20-21H2,1-4H3. The molecule has 3 rings (SSSR count). The molecule has 0 bridgehead atoms. The minimum atomic E-state index is -0.420. The number of unbranched alkanes of at least 4 members (excludes halogenated alkanes) is 3. The van der Waals surface area contributed by atoms with Gasteiger partial charge in [-0.15, -0.1) is 0 Å². The fourth-order valence-electron chi connectivity index (χ4n) is 4.02. The van der Waals surface area contributed by atoms with Gasteiger partial charge in [-0.1, -0.05) is 56.3 Å². The van der Waals surface area contributed by atoms with Crippen LogP contribution in [0.25, 0.3) is 11.6 Å². The molecule has 0 aliphatic heterocycles. The van der Waals surface area contributed by atoms with Crippen LogP contribution in [0, 0.1) is 11.3 Å². The van der Waals surface area contributed by atoms with Crippen LogP contribution in [-0.4, -0.2) is 19.2 Å². The Hall–Kier alpha value is -2.55. The number of ether oxygens (including phenoxy) is 2. The van der Waals surface area contributed by atoms with Crippen LogP contribution in [0.5, 0.6) is 5.75 Å². The second kappa shape index (κ2) is 12.1. The number of esters is 1. The second-order valence-corrected chi connectivity index (χ2v) is 9.99. The fraction of sp³-hybridized carbons (Fsp3) is 0.500. The number of hydrogen-bond donors (Lipinski definition) is 0. The van der Waals surface area contributed by atoms with Crippen molar-refractivity contribution in [2.75, 3.05) is 13.2 Å². The zero-order chi connectivity index (χ0) is 23.7. The summed E-state index contributed by atoms with van der Waals surface area (Å²) in [5, 5.41) is 0. The molecule has 0 fully saturated rings. The first-order valence-corrected chi connectivity index (χ1v) is 12.6. The maximum atomic E-state index is 12.2. The lowest BCUT2D eigenvalue weighted by molar-refractivity contribution is -0.156. The number of benzene rings is 2. The molecule has 178 valence electrons. The number of fused-ring (bicyclic) bond motifs is 1. The van der Waals surface area contributed by atoms with Gasteiger partial charge in [0.2, 0.25) is 0 Å². The van der Waals surface area contributed by atoms with E-state index >= 15 is 0 Å². The molecule has 2 aromatic carbocycles. The first-order chi connectivity index (χ1) is 15.9. The van der Waals surface area contributed by atoms with E-state index in [1.165, 1.54) is 22.3 Å². The van der Waals surface area contributed by atoms with Crippen molar-refractivity contribution in [2.45, 2.75) is 72.6 Å². The Morgan fingerprint density at radius 2 is 1.64 bits per heavy atom. The van der Waals surface area contributed by atoms with E-state index in [4.69, 9.17) is 9.47 Å². The number of carbonyl (C=O) groups is 1. The highest BCUT2D eigenvalue weighted by Crippen LogP contribution is 2.34. The Labute approximate surface area is 200 Å². The molecule has 33 heavy (non-hydrogen) atoms. The summed E-state index contributed by atoms with van der Waals surface area (Å²) in [4.78, 5) is 12.2. The molecule has 0 unspecified atom stereocenters. The van der Waals surface area contributed by atoms with Crippen LogP contribution in [0.3, 0.4) is 0 Å². The fourth-order valence-corrected chi connectivity index (χ4v) is 4.02. The first kappa shape index (κ1) is 25.1. The van der Waals surface area contributed by atoms with Crippen LogP contribution in [0.15, 0.2) is 48.5 Å². The molecule has 1 aliphatic rings. The van der Waals surface area contributed by atoms with Gasteiger partial charge in [-0.2, -0.15) is 0 Å². The summed E-state index contributed by atoms with van der Waals surface area (Å²) in [6.07, 6.45) is 9.71. The van der Waals surface area contributed by atoms with Gasteiger partial charge in [0.05, 0.1) is 18.6 Å². The highest BCUT2D eigenvalue weighted by Gasteiger charge is 2.32. The largest absolute Gasteiger partial charge is 0.493 e. The quantitative estimate of drug-likeness (QED) is 0.261. The number of allylic oxidation sites excluding steroid dienone is 1. The molecule has 1 aliphatic carbocycles. The van der Waals surface area contributed by atoms with Crippen molar-refractivity contribution in [1.82, 2.24) is 0 Å². The topological polar surface area (TPSA) is 35.5 Å². The van der Waals surface area contributed by atoms with Gasteiger partial charge in [0.25, 0.3) is 0 Å². The molecule has 3 nitrogen and oxygen atoms in total. The number of carbonyl (C=O) groups excluding carboxylic acids is 1. The molecule has 0 N–H and O–H groups in total. The van der Waals surface area contributed by atoms with E-state index in [0.717, 1.165) is 50.7 Å². The van der Waals surface area contributed by atoms with E-state index in [0.29, 0.717) is 13.2 Å². The molecule has 0 radical (unpaired) electrons. The highest BCUT2D eigenvalue weighted by atomic mass is 16.5. The van der Waals surface area contributed by atoms with Gasteiger partial charge >= 0.3 is 5.97 Å². The van der Waals surface area contributed by atoms with E-state index in [1.54, 1.807) is 0 Å². The summed E-state index contributed by atoms with van der Waals surface area (Å²) in [7, 11) is 0. The van der Waals surface area contributed by atoms with Crippen LogP contribution in [0.2, 0.25) is 0 Å². The maximum absolute atomic E-state index is 12.2. The summed E-state index contributed by atoms with van der Waals surface area (Å²) in [6.45, 7) is 9.26. The first-order valence-electron chi connectivity index (χ1n) is 12.6. The Morgan fingerprint density at radius 1 is 0.909 bits per heavy atom. The van der Waals surface area contributed by atoms with Crippen molar-refractivity contribution >= 4 is 17.6 Å². The molecule has 0 spiro atoms. The Kier molecular flexibility index (Phi) is 9.17. The molecule has 0 atom stereocenters. The van der Waals surface area contributed by atoms with Crippen molar-refractivity contribution < 1.29 is 14.3 Å². The number of hydrogen-bond acceptors (Lipinski definition) is 3. The third-order valence-electron chi connectivity index (χ3n) is 7.01. The predicted octanol–water partition coefficient (Wildman–Crippen LogP) is 7.73. The smallest absolute Gasteiger partial charge is 0.311 e. The molecule has 0 heterocycles. The van der Waals surface area contributed by atoms with Crippen LogP contribution < -0.4 is 4.74 Å². The van der Waals surface area contributed by atoms with Gasteiger partial charge in [0.15, 0.2) is 0 Å². The van der Waals surface area contributed by atoms with Gasteiger partial charge < -0.3 is 9.47 Å². The normalized spacial score (nSPS) is 13.8. The predicted molar refractivity (Wildman–Crippen MR) is 137 cm³/mol. The molecule has 0 aromatic heterocycles. The minimum absolute atomic E-state index is 0.0893. The van der Waals surface area contributed by atoms with Crippen molar-refractivity contribution in [3.05, 3.63) is 65.2 Å². The van der Waals surface area contributed by atoms with Crippen molar-refractivity contribution in [1.29, 1.82) is 0 Å². The third-order valence-corrected chi connectivity index (χ3v) is 7.01. The van der Waals surface area contributed by atoms with E-state index < -0.39 is 5.41 Å². The average molecular weight is 449 g/mol. The van der Waals surface area contributed by atoms with Gasteiger partial charge in [0.1, 0.15) is 5.75 Å². The van der Waals surface area contributed by atoms with Crippen LogP contribution in [-0.2, 0) is 16.0 Å². The summed E-state index contributed by atoms with van der Waals surface area (Å²) in [5.41, 5.74) is 4.90. The van der Waals surface area contributed by atoms with Gasteiger partial charge in [-0.05, 0) is 93.6 Å². The Morgan fingerprint density at radius 3 is 2.36 bits per heavy atom. The Balaban J connectivity index is 1.45. The summed E-state index contributed by atoms with van der Waals surface area (Å²) in [6, 6.07) is 17.1. The monoisotopic (exact) mass is 448 g/mol. The minimum Gasteiger partial charge on any atom is -0.493 e. The number of rotatable bonds is 11. The van der Waals surface area contributed by atoms with E-state index in [-0.39, 0.29) is 11.9 Å². The maximum Gasteiger partial charge on any atom is 0.311 e. The van der Waals surface area contributed by atoms with Crippen molar-refractivity contribution in [3.8, 4) is 5.75 Å². The molecule has 0 saturated carbocycles. The third kappa shape index (κ3) is 6.96. The van der Waals surface area contributed by atoms with Crippen molar-refractivity contribution in [2.24, 2.45) is 11.3 Å². The molecule has 3 heteroatoms. The zero-order valence-electron chi connectivity index (χ0n) is 20.9. The SMILES string of the molecule is CC(C)C(C)(C)C(=O)OCCCCCCOc1cccc2c1C=C(c1ccccc1)CCC2. The molecule has 0 amide bonds. The zero-order valence-corrected chi connectivity index (χ0v) is 20.9. The second-order valence-electron chi connectivity index (χ2n) is 9.99. The average Bonchev–Trinajstić information content (AvgIpc) is 3.04. The molecular formula is C30H40O3. The van der Waals surface area contributed by atoms with E-state index in [2.05, 4.69) is 68.5 Å². The molecular weight excluding hydrogens is 408 g/mol. The number of aryl methyl sites for hydroxylation is 1. The van der Waals surface area contributed by atoms with Gasteiger partial charge in [-0.25, -0.2) is 0 Å². The summed E-state index contributed by atoms with van der Waals surface area (Å²) < 4.78 is 11.7. The molecule has 2 aromatic rings. The van der Waals surface area contributed by atoms with E-state index in [9.17, 15) is 4.79 Å². The lowest BCUT2D eigenvalue weighted by Gasteiger charge is -2.26. The Bertz CT molecular complexity index is 925. The van der Waals surface area contributed by atoms with E-state index in [1.807, 2.05) is 13.8 Å². The van der Waals surface area contributed by atoms with Gasteiger partial charge in [0, 0.05) is 5.56 Å². The van der Waals surface area contributed by atoms with Crippen LogP contribution in [0.4, 0.5) is 0 Å². The van der Waals surface area contributed by atoms with Crippen LogP contribution in [0.1, 0.15) is 82.9 Å². The van der Waals surface area contributed by atoms with Gasteiger partial charge in [-0.3, -0.25) is 4.79 Å². The highest BCUT2D eigenvalue weighted by molar-refractivity contribution is 5.84. The van der Waals surface area contributed by atoms with Crippen LogP contribution >= 0.6 is 0 Å². The van der Waals surface area contributed by atoms with Crippen molar-refractivity contribution in [3.63, 3.8) is 0 Å². The molecule has 0 saturated heterocycles. The lowest BCUT2D eigenvalue weighted by Crippen LogP contribution is -2.32. The lowest BCUT2D eigenvalue weighted by atomic mass is 9.81. The summed E-state index contributed by atoms with van der Waals surface area (Å²) in [5.74, 6) is 1.18.